The van der Waals surface area contributed by atoms with Gasteiger partial charge in [-0.25, -0.2) is 13.4 Å². The Hall–Kier alpha value is -2.50. The van der Waals surface area contributed by atoms with Crippen LogP contribution in [0.4, 0.5) is 19.6 Å². The van der Waals surface area contributed by atoms with Crippen molar-refractivity contribution in [2.24, 2.45) is 0 Å². The van der Waals surface area contributed by atoms with Crippen LogP contribution in [0.5, 0.6) is 0 Å². The number of aromatic nitrogens is 1. The Balaban J connectivity index is 1.47. The van der Waals surface area contributed by atoms with E-state index in [1.54, 1.807) is 0 Å². The first-order valence-corrected chi connectivity index (χ1v) is 12.5. The zero-order valence-corrected chi connectivity index (χ0v) is 18.4. The van der Waals surface area contributed by atoms with Gasteiger partial charge in [0.1, 0.15) is 0 Å². The second kappa shape index (κ2) is 8.93. The molecular weight excluding hydrogens is 464 g/mol. The van der Waals surface area contributed by atoms with Crippen molar-refractivity contribution < 1.29 is 22.0 Å². The van der Waals surface area contributed by atoms with E-state index in [4.69, 9.17) is 0 Å². The van der Waals surface area contributed by atoms with Gasteiger partial charge < -0.3 is 0 Å². The summed E-state index contributed by atoms with van der Waals surface area (Å²) in [5.41, 5.74) is 1.42. The van der Waals surface area contributed by atoms with Gasteiger partial charge in [0.05, 0.1) is 10.6 Å². The molecule has 2 N–H and O–H groups in total. The molecule has 0 bridgehead atoms. The minimum absolute atomic E-state index is 0.0900. The Kier molecular flexibility index (Phi) is 6.26. The predicted octanol–water partition coefficient (Wildman–Crippen LogP) is 5.00. The van der Waals surface area contributed by atoms with Gasteiger partial charge in [0.2, 0.25) is 0 Å². The fourth-order valence-electron chi connectivity index (χ4n) is 3.14. The Morgan fingerprint density at radius 3 is 2.61 bits per heavy atom. The smallest absolute Gasteiger partial charge is 0.288 e. The van der Waals surface area contributed by atoms with Gasteiger partial charge in [0, 0.05) is 21.0 Å². The number of thioether (sulfide) groups is 1. The van der Waals surface area contributed by atoms with Crippen molar-refractivity contribution >= 4 is 49.8 Å². The maximum Gasteiger partial charge on any atom is 0.288 e. The van der Waals surface area contributed by atoms with E-state index in [2.05, 4.69) is 15.0 Å². The molecule has 1 aliphatic carbocycles. The molecule has 0 unspecified atom stereocenters. The van der Waals surface area contributed by atoms with Crippen molar-refractivity contribution in [3.8, 4) is 0 Å². The zero-order valence-electron chi connectivity index (χ0n) is 16.0. The average molecular weight is 482 g/mol. The molecule has 0 fully saturated rings. The number of halogens is 2. The lowest BCUT2D eigenvalue weighted by Gasteiger charge is -2.10. The number of alkyl halides is 2. The van der Waals surface area contributed by atoms with Crippen LogP contribution in [0.15, 0.2) is 58.3 Å². The standard InChI is InChI=1S/C20H17F2N3O3S3/c21-19(22)29-14-9-7-13(8-10-14)25-31(27,28)15-4-1-3-12(11-15)18(26)24-20-23-16-5-2-6-17(16)30-20/h1,3-4,7-11,19,25H,2,5-6H2,(H,23,24,26). The van der Waals surface area contributed by atoms with Gasteiger partial charge in [-0.05, 0) is 61.7 Å². The van der Waals surface area contributed by atoms with E-state index < -0.39 is 21.7 Å². The normalized spacial score (nSPS) is 13.3. The van der Waals surface area contributed by atoms with Crippen molar-refractivity contribution in [1.82, 2.24) is 4.98 Å². The van der Waals surface area contributed by atoms with Crippen LogP contribution >= 0.6 is 23.1 Å². The van der Waals surface area contributed by atoms with E-state index in [1.807, 2.05) is 0 Å². The highest BCUT2D eigenvalue weighted by Crippen LogP contribution is 2.31. The number of carbonyl (C=O) groups is 1. The lowest BCUT2D eigenvalue weighted by Crippen LogP contribution is -2.16. The number of nitrogens with zero attached hydrogens (tertiary/aromatic N) is 1. The number of amides is 1. The summed E-state index contributed by atoms with van der Waals surface area (Å²) in [6.07, 6.45) is 2.94. The minimum Gasteiger partial charge on any atom is -0.298 e. The van der Waals surface area contributed by atoms with E-state index in [-0.39, 0.29) is 16.1 Å². The first kappa shape index (κ1) is 21.7. The molecule has 1 amide bonds. The monoisotopic (exact) mass is 481 g/mol. The third-order valence-corrected chi connectivity index (χ3v) is 7.73. The molecule has 1 aromatic heterocycles. The number of hydrogen-bond donors (Lipinski definition) is 2. The first-order chi connectivity index (χ1) is 14.8. The maximum atomic E-state index is 12.7. The van der Waals surface area contributed by atoms with Crippen LogP contribution in [0.3, 0.4) is 0 Å². The Labute approximate surface area is 186 Å². The molecule has 0 radical (unpaired) electrons. The molecule has 31 heavy (non-hydrogen) atoms. The predicted molar refractivity (Wildman–Crippen MR) is 118 cm³/mol. The van der Waals surface area contributed by atoms with Crippen LogP contribution in [0.1, 0.15) is 27.3 Å². The van der Waals surface area contributed by atoms with Crippen molar-refractivity contribution in [1.29, 1.82) is 0 Å². The molecule has 1 aliphatic rings. The number of benzene rings is 2. The third-order valence-electron chi connectivity index (χ3n) is 4.55. The van der Waals surface area contributed by atoms with Crippen molar-refractivity contribution in [3.05, 3.63) is 64.7 Å². The van der Waals surface area contributed by atoms with Crippen LogP contribution < -0.4 is 10.0 Å². The summed E-state index contributed by atoms with van der Waals surface area (Å²) in [5, 5.41) is 3.23. The second-order valence-electron chi connectivity index (χ2n) is 6.73. The molecule has 11 heteroatoms. The fourth-order valence-corrected chi connectivity index (χ4v) is 5.78. The molecule has 6 nitrogen and oxygen atoms in total. The SMILES string of the molecule is O=C(Nc1nc2c(s1)CCC2)c1cccc(S(=O)(=O)Nc2ccc(SC(F)F)cc2)c1. The van der Waals surface area contributed by atoms with Crippen LogP contribution in [0.2, 0.25) is 0 Å². The summed E-state index contributed by atoms with van der Waals surface area (Å²) in [6.45, 7) is 0. The summed E-state index contributed by atoms with van der Waals surface area (Å²) < 4.78 is 52.6. The number of thiazole rings is 1. The van der Waals surface area contributed by atoms with Crippen LogP contribution in [0, 0.1) is 0 Å². The lowest BCUT2D eigenvalue weighted by atomic mass is 10.2. The third kappa shape index (κ3) is 5.23. The number of hydrogen-bond acceptors (Lipinski definition) is 6. The Bertz CT molecular complexity index is 1190. The molecule has 162 valence electrons. The molecule has 1 heterocycles. The van der Waals surface area contributed by atoms with E-state index in [0.717, 1.165) is 25.0 Å². The summed E-state index contributed by atoms with van der Waals surface area (Å²) in [4.78, 5) is 18.4. The summed E-state index contributed by atoms with van der Waals surface area (Å²) >= 11 is 1.81. The lowest BCUT2D eigenvalue weighted by molar-refractivity contribution is 0.102. The number of nitrogens with one attached hydrogen (secondary N) is 2. The Morgan fingerprint density at radius 2 is 1.90 bits per heavy atom. The number of carbonyl (C=O) groups excluding carboxylic acids is 1. The molecule has 0 saturated heterocycles. The minimum atomic E-state index is -3.97. The summed E-state index contributed by atoms with van der Waals surface area (Å²) in [5.74, 6) is -3.00. The highest BCUT2D eigenvalue weighted by molar-refractivity contribution is 7.99. The quantitative estimate of drug-likeness (QED) is 0.464. The zero-order chi connectivity index (χ0) is 22.0. The topological polar surface area (TPSA) is 88.2 Å². The van der Waals surface area contributed by atoms with Crippen molar-refractivity contribution in [3.63, 3.8) is 0 Å². The van der Waals surface area contributed by atoms with Gasteiger partial charge in [-0.1, -0.05) is 17.8 Å². The number of aryl methyl sites for hydroxylation is 2. The van der Waals surface area contributed by atoms with Crippen LogP contribution in [0.25, 0.3) is 0 Å². The van der Waals surface area contributed by atoms with E-state index in [1.165, 1.54) is 64.7 Å². The van der Waals surface area contributed by atoms with Crippen LogP contribution in [-0.2, 0) is 22.9 Å². The van der Waals surface area contributed by atoms with Gasteiger partial charge >= 0.3 is 0 Å². The number of anilines is 2. The number of sulfonamides is 1. The van der Waals surface area contributed by atoms with Crippen LogP contribution in [-0.4, -0.2) is 25.1 Å². The molecule has 0 saturated carbocycles. The maximum absolute atomic E-state index is 12.7. The molecule has 0 aliphatic heterocycles. The van der Waals surface area contributed by atoms with Crippen molar-refractivity contribution in [2.45, 2.75) is 34.8 Å². The Morgan fingerprint density at radius 1 is 1.13 bits per heavy atom. The average Bonchev–Trinajstić information content (AvgIpc) is 3.31. The van der Waals surface area contributed by atoms with E-state index in [9.17, 15) is 22.0 Å². The van der Waals surface area contributed by atoms with Gasteiger partial charge in [0.15, 0.2) is 5.13 Å². The number of fused-ring (bicyclic) bond motifs is 1. The fraction of sp³-hybridized carbons (Fsp3) is 0.200. The second-order valence-corrected chi connectivity index (χ2v) is 10.6. The van der Waals surface area contributed by atoms with Crippen molar-refractivity contribution in [2.75, 3.05) is 10.0 Å². The van der Waals surface area contributed by atoms with Gasteiger partial charge in [-0.15, -0.1) is 11.3 Å². The largest absolute Gasteiger partial charge is 0.298 e. The van der Waals surface area contributed by atoms with Gasteiger partial charge in [0.25, 0.3) is 21.7 Å². The molecule has 0 spiro atoms. The first-order valence-electron chi connectivity index (χ1n) is 9.28. The molecule has 3 aromatic rings. The molecule has 0 atom stereocenters. The highest BCUT2D eigenvalue weighted by atomic mass is 32.2. The summed E-state index contributed by atoms with van der Waals surface area (Å²) in [7, 11) is -3.97. The number of rotatable bonds is 7. The summed E-state index contributed by atoms with van der Waals surface area (Å²) in [6, 6.07) is 11.3. The molecule has 4 rings (SSSR count). The van der Waals surface area contributed by atoms with Gasteiger partial charge in [-0.3, -0.25) is 14.8 Å². The molecular formula is C20H17F2N3O3S3. The van der Waals surface area contributed by atoms with E-state index >= 15 is 0 Å². The van der Waals surface area contributed by atoms with Gasteiger partial charge in [-0.2, -0.15) is 8.78 Å². The highest BCUT2D eigenvalue weighted by Gasteiger charge is 2.20. The van der Waals surface area contributed by atoms with E-state index in [0.29, 0.717) is 21.8 Å². The molecule has 2 aromatic carbocycles.